The van der Waals surface area contributed by atoms with Crippen molar-refractivity contribution in [2.24, 2.45) is 5.84 Å². The molecule has 0 aliphatic heterocycles. The minimum atomic E-state index is -0.397. The van der Waals surface area contributed by atoms with Crippen LogP contribution in [0.3, 0.4) is 0 Å². The van der Waals surface area contributed by atoms with Gasteiger partial charge in [-0.05, 0) is 24.1 Å². The van der Waals surface area contributed by atoms with Gasteiger partial charge in [0.1, 0.15) is 5.82 Å². The first-order valence-corrected chi connectivity index (χ1v) is 5.48. The summed E-state index contributed by atoms with van der Waals surface area (Å²) >= 11 is 5.71. The number of benzene rings is 1. The number of nitrogens with one attached hydrogen (secondary N) is 1. The second kappa shape index (κ2) is 6.05. The van der Waals surface area contributed by atoms with Crippen LogP contribution in [-0.4, -0.2) is 0 Å². The quantitative estimate of drug-likeness (QED) is 0.602. The predicted octanol–water partition coefficient (Wildman–Crippen LogP) is 3.17. The molecular formula is C11H16ClFN2. The van der Waals surface area contributed by atoms with Crippen LogP contribution in [0.1, 0.15) is 37.8 Å². The molecule has 1 aromatic carbocycles. The van der Waals surface area contributed by atoms with Crippen LogP contribution in [-0.2, 0) is 0 Å². The van der Waals surface area contributed by atoms with Crippen molar-refractivity contribution in [2.75, 3.05) is 0 Å². The van der Waals surface area contributed by atoms with Crippen molar-refractivity contribution >= 4 is 11.6 Å². The molecule has 84 valence electrons. The Labute approximate surface area is 94.6 Å². The van der Waals surface area contributed by atoms with Gasteiger partial charge in [-0.25, -0.2) is 4.39 Å². The van der Waals surface area contributed by atoms with E-state index in [1.807, 2.05) is 0 Å². The number of hydrogen-bond donors (Lipinski definition) is 2. The third kappa shape index (κ3) is 3.45. The van der Waals surface area contributed by atoms with Gasteiger partial charge in [-0.15, -0.1) is 0 Å². The maximum Gasteiger partial charge on any atom is 0.141 e. The monoisotopic (exact) mass is 230 g/mol. The first-order valence-electron chi connectivity index (χ1n) is 5.10. The van der Waals surface area contributed by atoms with E-state index in [1.165, 1.54) is 6.07 Å². The first-order chi connectivity index (χ1) is 7.19. The molecule has 2 nitrogen and oxygen atoms in total. The molecule has 0 heterocycles. The molecule has 0 aliphatic carbocycles. The molecule has 3 N–H and O–H groups in total. The van der Waals surface area contributed by atoms with E-state index in [9.17, 15) is 4.39 Å². The van der Waals surface area contributed by atoms with Gasteiger partial charge >= 0.3 is 0 Å². The third-order valence-corrected chi connectivity index (χ3v) is 2.68. The zero-order valence-electron chi connectivity index (χ0n) is 8.76. The Hall–Kier alpha value is -0.640. The van der Waals surface area contributed by atoms with E-state index >= 15 is 0 Å². The van der Waals surface area contributed by atoms with Crippen LogP contribution in [0.15, 0.2) is 18.2 Å². The van der Waals surface area contributed by atoms with Gasteiger partial charge in [-0.3, -0.25) is 11.3 Å². The van der Waals surface area contributed by atoms with Crippen molar-refractivity contribution in [2.45, 2.75) is 32.2 Å². The summed E-state index contributed by atoms with van der Waals surface area (Å²) in [6, 6.07) is 4.75. The molecule has 1 rings (SSSR count). The highest BCUT2D eigenvalue weighted by Gasteiger charge is 2.10. The van der Waals surface area contributed by atoms with Crippen molar-refractivity contribution in [3.8, 4) is 0 Å². The Kier molecular flexibility index (Phi) is 5.02. The average Bonchev–Trinajstić information content (AvgIpc) is 2.24. The van der Waals surface area contributed by atoms with Crippen molar-refractivity contribution < 1.29 is 4.39 Å². The summed E-state index contributed by atoms with van der Waals surface area (Å²) in [6.45, 7) is 2.12. The largest absolute Gasteiger partial charge is 0.271 e. The molecule has 0 radical (unpaired) electrons. The number of nitrogens with two attached hydrogens (primary N) is 1. The minimum absolute atomic E-state index is 0.0445. The van der Waals surface area contributed by atoms with E-state index in [0.29, 0.717) is 0 Å². The molecule has 4 heteroatoms. The smallest absolute Gasteiger partial charge is 0.141 e. The van der Waals surface area contributed by atoms with Crippen molar-refractivity contribution in [3.05, 3.63) is 34.6 Å². The molecule has 0 bridgehead atoms. The Morgan fingerprint density at radius 3 is 2.80 bits per heavy atom. The van der Waals surface area contributed by atoms with E-state index in [4.69, 9.17) is 17.4 Å². The van der Waals surface area contributed by atoms with Gasteiger partial charge in [0.15, 0.2) is 0 Å². The maximum atomic E-state index is 12.9. The van der Waals surface area contributed by atoms with Crippen LogP contribution in [0.25, 0.3) is 0 Å². The van der Waals surface area contributed by atoms with Crippen LogP contribution in [0.5, 0.6) is 0 Å². The van der Waals surface area contributed by atoms with Crippen molar-refractivity contribution in [1.82, 2.24) is 5.43 Å². The molecule has 0 aliphatic rings. The fourth-order valence-electron chi connectivity index (χ4n) is 1.48. The third-order valence-electron chi connectivity index (χ3n) is 2.39. The Morgan fingerprint density at radius 1 is 1.53 bits per heavy atom. The highest BCUT2D eigenvalue weighted by Crippen LogP contribution is 2.23. The van der Waals surface area contributed by atoms with Gasteiger partial charge < -0.3 is 0 Å². The zero-order chi connectivity index (χ0) is 11.3. The predicted molar refractivity (Wildman–Crippen MR) is 61.0 cm³/mol. The highest BCUT2D eigenvalue weighted by atomic mass is 35.5. The molecule has 1 aromatic rings. The van der Waals surface area contributed by atoms with Crippen LogP contribution in [0, 0.1) is 5.82 Å². The normalized spacial score (nSPS) is 12.8. The lowest BCUT2D eigenvalue weighted by molar-refractivity contribution is 0.494. The summed E-state index contributed by atoms with van der Waals surface area (Å²) < 4.78 is 12.9. The fraction of sp³-hybridized carbons (Fsp3) is 0.455. The lowest BCUT2D eigenvalue weighted by Crippen LogP contribution is -2.27. The van der Waals surface area contributed by atoms with Crippen LogP contribution in [0.4, 0.5) is 4.39 Å². The molecule has 0 spiro atoms. The van der Waals surface area contributed by atoms with Crippen molar-refractivity contribution in [1.29, 1.82) is 0 Å². The first kappa shape index (κ1) is 12.4. The van der Waals surface area contributed by atoms with Gasteiger partial charge in [-0.2, -0.15) is 0 Å². The van der Waals surface area contributed by atoms with Crippen LogP contribution >= 0.6 is 11.6 Å². The maximum absolute atomic E-state index is 12.9. The van der Waals surface area contributed by atoms with Gasteiger partial charge in [0.25, 0.3) is 0 Å². The van der Waals surface area contributed by atoms with E-state index in [0.717, 1.165) is 24.8 Å². The Morgan fingerprint density at radius 2 is 2.27 bits per heavy atom. The summed E-state index contributed by atoms with van der Waals surface area (Å²) in [5.74, 6) is 5.05. The van der Waals surface area contributed by atoms with Gasteiger partial charge in [-0.1, -0.05) is 37.4 Å². The Bertz CT molecular complexity index is 317. The second-order valence-electron chi connectivity index (χ2n) is 3.54. The summed E-state index contributed by atoms with van der Waals surface area (Å²) in [5, 5.41) is 0.143. The molecule has 0 saturated carbocycles. The highest BCUT2D eigenvalue weighted by molar-refractivity contribution is 6.30. The standard InChI is InChI=1S/C11H16ClFN2/c1-2-3-4-11(15-14)8-5-6-10(13)9(12)7-8/h5-7,11,15H,2-4,14H2,1H3. The topological polar surface area (TPSA) is 38.0 Å². The van der Waals surface area contributed by atoms with E-state index < -0.39 is 5.82 Å². The molecule has 1 atom stereocenters. The van der Waals surface area contributed by atoms with Crippen LogP contribution < -0.4 is 11.3 Å². The van der Waals surface area contributed by atoms with E-state index in [1.54, 1.807) is 12.1 Å². The van der Waals surface area contributed by atoms with Gasteiger partial charge in [0, 0.05) is 6.04 Å². The average molecular weight is 231 g/mol. The SMILES string of the molecule is CCCCC(NN)c1ccc(F)c(Cl)c1. The summed E-state index contributed by atoms with van der Waals surface area (Å²) in [7, 11) is 0. The minimum Gasteiger partial charge on any atom is -0.271 e. The lowest BCUT2D eigenvalue weighted by atomic mass is 10.0. The molecule has 0 aromatic heterocycles. The van der Waals surface area contributed by atoms with E-state index in [2.05, 4.69) is 12.3 Å². The van der Waals surface area contributed by atoms with Crippen LogP contribution in [0.2, 0.25) is 5.02 Å². The number of hydrazine groups is 1. The van der Waals surface area contributed by atoms with Gasteiger partial charge in [0.2, 0.25) is 0 Å². The molecule has 0 amide bonds. The summed E-state index contributed by atoms with van der Waals surface area (Å²) in [5.41, 5.74) is 3.65. The molecule has 1 unspecified atom stereocenters. The number of hydrogen-bond acceptors (Lipinski definition) is 2. The van der Waals surface area contributed by atoms with Gasteiger partial charge in [0.05, 0.1) is 5.02 Å². The summed E-state index contributed by atoms with van der Waals surface area (Å²) in [6.07, 6.45) is 3.10. The molecule has 0 saturated heterocycles. The second-order valence-corrected chi connectivity index (χ2v) is 3.94. The number of halogens is 2. The molecule has 15 heavy (non-hydrogen) atoms. The lowest BCUT2D eigenvalue weighted by Gasteiger charge is -2.16. The summed E-state index contributed by atoms with van der Waals surface area (Å²) in [4.78, 5) is 0. The fourth-order valence-corrected chi connectivity index (χ4v) is 1.67. The molecule has 0 fully saturated rings. The van der Waals surface area contributed by atoms with E-state index in [-0.39, 0.29) is 11.1 Å². The molecular weight excluding hydrogens is 215 g/mol. The number of rotatable bonds is 5. The Balaban J connectivity index is 2.78. The van der Waals surface area contributed by atoms with Crippen molar-refractivity contribution in [3.63, 3.8) is 0 Å². The zero-order valence-corrected chi connectivity index (χ0v) is 9.52. The number of unbranched alkanes of at least 4 members (excludes halogenated alkanes) is 1.